The van der Waals surface area contributed by atoms with Crippen LogP contribution in [0, 0.1) is 16.0 Å². The van der Waals surface area contributed by atoms with Crippen LogP contribution in [0.4, 0.5) is 10.5 Å². The second-order valence-corrected chi connectivity index (χ2v) is 4.74. The number of benzene rings is 1. The van der Waals surface area contributed by atoms with Crippen molar-refractivity contribution in [2.75, 3.05) is 6.61 Å². The predicted octanol–water partition coefficient (Wildman–Crippen LogP) is 2.96. The Morgan fingerprint density at radius 2 is 2.14 bits per heavy atom. The second kappa shape index (κ2) is 8.78. The molecule has 2 atom stereocenters. The molecule has 1 aromatic rings. The molecule has 0 aliphatic carbocycles. The Hall–Kier alpha value is -2.41. The molecule has 1 amide bonds. The Morgan fingerprint density at radius 3 is 2.59 bits per heavy atom. The van der Waals surface area contributed by atoms with Crippen LogP contribution in [0.2, 0.25) is 0 Å². The zero-order valence-electron chi connectivity index (χ0n) is 12.4. The summed E-state index contributed by atoms with van der Waals surface area (Å²) in [5.74, 6) is -0.144. The number of nitrogens with one attached hydrogen (secondary N) is 1. The number of rotatable bonds is 9. The lowest BCUT2D eigenvalue weighted by Gasteiger charge is -2.26. The highest BCUT2D eigenvalue weighted by Gasteiger charge is 2.23. The summed E-state index contributed by atoms with van der Waals surface area (Å²) in [6.07, 6.45) is 0.967. The lowest BCUT2D eigenvalue weighted by Crippen LogP contribution is -2.42. The van der Waals surface area contributed by atoms with E-state index < -0.39 is 17.2 Å². The molecule has 120 valence electrons. The molecule has 0 aliphatic heterocycles. The first-order chi connectivity index (χ1) is 10.5. The van der Waals surface area contributed by atoms with Crippen LogP contribution in [-0.2, 0) is 11.2 Å². The molecule has 1 rings (SSSR count). The standard InChI is InChI=1S/C15H20N2O5/c1-3-5-12(14(22-4-2)16-15(18)19)10-11-6-8-13(9-7-11)17(20)21/h3,6-9,12,14,16H,1,4-5,10H2,2H3,(H,18,19). The molecular formula is C15H20N2O5. The predicted molar refractivity (Wildman–Crippen MR) is 81.7 cm³/mol. The van der Waals surface area contributed by atoms with Crippen molar-refractivity contribution in [1.82, 2.24) is 5.32 Å². The fraction of sp³-hybridized carbons (Fsp3) is 0.400. The minimum Gasteiger partial charge on any atom is -0.465 e. The molecule has 0 aromatic heterocycles. The first-order valence-corrected chi connectivity index (χ1v) is 6.93. The zero-order chi connectivity index (χ0) is 16.5. The van der Waals surface area contributed by atoms with Crippen LogP contribution in [0.25, 0.3) is 0 Å². The third-order valence-corrected chi connectivity index (χ3v) is 3.15. The summed E-state index contributed by atoms with van der Waals surface area (Å²) in [7, 11) is 0. The molecule has 0 radical (unpaired) electrons. The fourth-order valence-electron chi connectivity index (χ4n) is 2.18. The van der Waals surface area contributed by atoms with Crippen molar-refractivity contribution in [3.8, 4) is 0 Å². The molecule has 0 saturated heterocycles. The van der Waals surface area contributed by atoms with E-state index in [-0.39, 0.29) is 11.6 Å². The highest BCUT2D eigenvalue weighted by molar-refractivity contribution is 5.64. The van der Waals surface area contributed by atoms with Crippen LogP contribution in [0.15, 0.2) is 36.9 Å². The van der Waals surface area contributed by atoms with Crippen molar-refractivity contribution in [3.05, 3.63) is 52.6 Å². The molecule has 0 aliphatic rings. The molecule has 1 aromatic carbocycles. The van der Waals surface area contributed by atoms with E-state index in [1.54, 1.807) is 25.1 Å². The number of amides is 1. The smallest absolute Gasteiger partial charge is 0.406 e. The quantitative estimate of drug-likeness (QED) is 0.316. The molecule has 7 nitrogen and oxygen atoms in total. The maximum atomic E-state index is 10.9. The molecule has 7 heteroatoms. The number of hydrogen-bond donors (Lipinski definition) is 2. The van der Waals surface area contributed by atoms with Gasteiger partial charge < -0.3 is 9.84 Å². The SMILES string of the molecule is C=CCC(Cc1ccc([N+](=O)[O-])cc1)C(NC(=O)O)OCC. The number of hydrogen-bond acceptors (Lipinski definition) is 4. The summed E-state index contributed by atoms with van der Waals surface area (Å²) in [5, 5.41) is 21.9. The number of non-ortho nitro benzene ring substituents is 1. The van der Waals surface area contributed by atoms with E-state index >= 15 is 0 Å². The Balaban J connectivity index is 2.86. The number of allylic oxidation sites excluding steroid dienone is 1. The van der Waals surface area contributed by atoms with Gasteiger partial charge in [0.15, 0.2) is 0 Å². The van der Waals surface area contributed by atoms with E-state index in [4.69, 9.17) is 9.84 Å². The Morgan fingerprint density at radius 1 is 1.50 bits per heavy atom. The van der Waals surface area contributed by atoms with Crippen molar-refractivity contribution in [2.45, 2.75) is 26.0 Å². The molecule has 0 saturated carbocycles. The number of ether oxygens (including phenoxy) is 1. The summed E-state index contributed by atoms with van der Waals surface area (Å²) in [6, 6.07) is 6.19. The van der Waals surface area contributed by atoms with Crippen LogP contribution < -0.4 is 5.32 Å². The van der Waals surface area contributed by atoms with Gasteiger partial charge in [-0.25, -0.2) is 4.79 Å². The van der Waals surface area contributed by atoms with Gasteiger partial charge in [-0.3, -0.25) is 15.4 Å². The number of nitro groups is 1. The van der Waals surface area contributed by atoms with Gasteiger partial charge in [0, 0.05) is 24.7 Å². The topological polar surface area (TPSA) is 102 Å². The number of carboxylic acid groups (broad SMARTS) is 1. The Bertz CT molecular complexity index is 515. The number of nitro benzene ring substituents is 1. The van der Waals surface area contributed by atoms with Gasteiger partial charge in [0.05, 0.1) is 4.92 Å². The lowest BCUT2D eigenvalue weighted by atomic mass is 9.94. The van der Waals surface area contributed by atoms with Crippen molar-refractivity contribution in [1.29, 1.82) is 0 Å². The number of nitrogens with zero attached hydrogens (tertiary/aromatic N) is 1. The average molecular weight is 308 g/mol. The van der Waals surface area contributed by atoms with Crippen LogP contribution in [0.1, 0.15) is 18.9 Å². The van der Waals surface area contributed by atoms with Gasteiger partial charge in [-0.2, -0.15) is 0 Å². The van der Waals surface area contributed by atoms with Crippen LogP contribution in [0.3, 0.4) is 0 Å². The average Bonchev–Trinajstić information content (AvgIpc) is 2.46. The van der Waals surface area contributed by atoms with Gasteiger partial charge in [-0.15, -0.1) is 6.58 Å². The summed E-state index contributed by atoms with van der Waals surface area (Å²) in [4.78, 5) is 21.1. The first-order valence-electron chi connectivity index (χ1n) is 6.93. The van der Waals surface area contributed by atoms with E-state index in [1.165, 1.54) is 12.1 Å². The Labute approximate surface area is 128 Å². The van der Waals surface area contributed by atoms with Crippen LogP contribution in [-0.4, -0.2) is 29.0 Å². The van der Waals surface area contributed by atoms with Gasteiger partial charge in [0.25, 0.3) is 5.69 Å². The molecule has 0 fully saturated rings. The van der Waals surface area contributed by atoms with E-state index in [1.807, 2.05) is 0 Å². The third kappa shape index (κ3) is 5.53. The van der Waals surface area contributed by atoms with Crippen LogP contribution >= 0.6 is 0 Å². The Kier molecular flexibility index (Phi) is 7.04. The summed E-state index contributed by atoms with van der Waals surface area (Å²) in [5.41, 5.74) is 0.892. The molecular weight excluding hydrogens is 288 g/mol. The lowest BCUT2D eigenvalue weighted by molar-refractivity contribution is -0.384. The number of carbonyl (C=O) groups is 1. The van der Waals surface area contributed by atoms with Crippen molar-refractivity contribution < 1.29 is 19.6 Å². The van der Waals surface area contributed by atoms with Gasteiger partial charge in [0.2, 0.25) is 0 Å². The summed E-state index contributed by atoms with van der Waals surface area (Å²) >= 11 is 0. The van der Waals surface area contributed by atoms with Crippen molar-refractivity contribution in [3.63, 3.8) is 0 Å². The second-order valence-electron chi connectivity index (χ2n) is 4.74. The molecule has 22 heavy (non-hydrogen) atoms. The van der Waals surface area contributed by atoms with Gasteiger partial charge in [-0.05, 0) is 25.3 Å². The zero-order valence-corrected chi connectivity index (χ0v) is 12.4. The highest BCUT2D eigenvalue weighted by Crippen LogP contribution is 2.20. The van der Waals surface area contributed by atoms with E-state index in [0.717, 1.165) is 5.56 Å². The monoisotopic (exact) mass is 308 g/mol. The summed E-state index contributed by atoms with van der Waals surface area (Å²) < 4.78 is 5.45. The molecule has 2 unspecified atom stereocenters. The van der Waals surface area contributed by atoms with Gasteiger partial charge in [0.1, 0.15) is 6.23 Å². The van der Waals surface area contributed by atoms with E-state index in [9.17, 15) is 14.9 Å². The van der Waals surface area contributed by atoms with E-state index in [0.29, 0.717) is 19.4 Å². The molecule has 0 heterocycles. The maximum Gasteiger partial charge on any atom is 0.406 e. The molecule has 0 spiro atoms. The van der Waals surface area contributed by atoms with E-state index in [2.05, 4.69) is 11.9 Å². The maximum absolute atomic E-state index is 10.9. The first kappa shape index (κ1) is 17.6. The van der Waals surface area contributed by atoms with Gasteiger partial charge >= 0.3 is 6.09 Å². The van der Waals surface area contributed by atoms with Crippen molar-refractivity contribution >= 4 is 11.8 Å². The summed E-state index contributed by atoms with van der Waals surface area (Å²) in [6.45, 7) is 5.84. The minimum atomic E-state index is -1.16. The minimum absolute atomic E-state index is 0.0223. The normalized spacial score (nSPS) is 13.1. The largest absolute Gasteiger partial charge is 0.465 e. The fourth-order valence-corrected chi connectivity index (χ4v) is 2.18. The third-order valence-electron chi connectivity index (χ3n) is 3.15. The highest BCUT2D eigenvalue weighted by atomic mass is 16.6. The van der Waals surface area contributed by atoms with Crippen molar-refractivity contribution in [2.24, 2.45) is 5.92 Å². The molecule has 0 bridgehead atoms. The van der Waals surface area contributed by atoms with Crippen LogP contribution in [0.5, 0.6) is 0 Å². The van der Waals surface area contributed by atoms with Gasteiger partial charge in [-0.1, -0.05) is 18.2 Å². The molecule has 2 N–H and O–H groups in total.